The monoisotopic (exact) mass is 748 g/mol. The summed E-state index contributed by atoms with van der Waals surface area (Å²) < 4.78 is 34.2. The van der Waals surface area contributed by atoms with Crippen molar-refractivity contribution in [1.82, 2.24) is 24.4 Å². The first kappa shape index (κ1) is 39.5. The minimum absolute atomic E-state index is 0.0478. The molecule has 2 aromatic carbocycles. The number of nitrogens with zero attached hydrogens (tertiary/aromatic N) is 4. The Morgan fingerprint density at radius 3 is 2.48 bits per heavy atom. The number of benzene rings is 2. The van der Waals surface area contributed by atoms with Crippen molar-refractivity contribution in [2.75, 3.05) is 39.0 Å². The molecule has 4 N–H and O–H groups in total. The third kappa shape index (κ3) is 9.95. The van der Waals surface area contributed by atoms with E-state index in [9.17, 15) is 23.1 Å². The number of aromatic nitrogens is 1. The molecule has 3 amide bonds. The van der Waals surface area contributed by atoms with E-state index in [-0.39, 0.29) is 47.1 Å². The fraction of sp³-hybridized carbons (Fsp3) is 0.514. The number of hydrogen-bond acceptors (Lipinski definition) is 9. The maximum absolute atomic E-state index is 14.3. The van der Waals surface area contributed by atoms with E-state index in [2.05, 4.69) is 10.3 Å². The maximum Gasteiger partial charge on any atom is 0.321 e. The summed E-state index contributed by atoms with van der Waals surface area (Å²) >= 11 is 7.53. The van der Waals surface area contributed by atoms with Gasteiger partial charge in [-0.15, -0.1) is 11.3 Å². The molecule has 0 aliphatic carbocycles. The smallest absolute Gasteiger partial charge is 0.321 e. The molecule has 3 aromatic rings. The number of rotatable bonds is 16. The average Bonchev–Trinajstić information content (AvgIpc) is 3.63. The van der Waals surface area contributed by atoms with Crippen molar-refractivity contribution in [2.24, 2.45) is 11.3 Å². The number of carbonyl (C=O) groups is 2. The Morgan fingerprint density at radius 1 is 1.16 bits per heavy atom. The van der Waals surface area contributed by atoms with E-state index in [1.54, 1.807) is 16.9 Å². The molecule has 1 aliphatic heterocycles. The lowest BCUT2D eigenvalue weighted by Crippen LogP contribution is -2.59. The fourth-order valence-corrected chi connectivity index (χ4v) is 8.59. The van der Waals surface area contributed by atoms with E-state index in [1.165, 1.54) is 33.8 Å². The number of thiazole rings is 1. The first-order valence-corrected chi connectivity index (χ1v) is 19.3. The summed E-state index contributed by atoms with van der Waals surface area (Å²) in [5.74, 6) is -0.513. The zero-order valence-corrected chi connectivity index (χ0v) is 31.9. The number of hydrogen-bond donors (Lipinski definition) is 3. The molecule has 1 unspecified atom stereocenters. The van der Waals surface area contributed by atoms with E-state index in [0.29, 0.717) is 26.2 Å². The van der Waals surface area contributed by atoms with Gasteiger partial charge < -0.3 is 30.7 Å². The molecular weight excluding hydrogens is 700 g/mol. The van der Waals surface area contributed by atoms with Crippen molar-refractivity contribution < 1.29 is 27.9 Å². The number of aliphatic hydroxyl groups excluding tert-OH is 1. The number of amides is 3. The number of nitrogens with two attached hydrogens (primary N) is 1. The van der Waals surface area contributed by atoms with Gasteiger partial charge in [-0.05, 0) is 41.5 Å². The summed E-state index contributed by atoms with van der Waals surface area (Å²) in [5, 5.41) is 17.8. The Balaban J connectivity index is 1.59. The van der Waals surface area contributed by atoms with E-state index >= 15 is 0 Å². The number of carbonyl (C=O) groups excluding carboxylic acids is 2. The molecule has 12 nitrogen and oxygen atoms in total. The third-order valence-corrected chi connectivity index (χ3v) is 11.4. The number of methoxy groups -OCH3 is 1. The first-order valence-electron chi connectivity index (χ1n) is 16.6. The summed E-state index contributed by atoms with van der Waals surface area (Å²) in [6.07, 6.45) is -1.09. The molecule has 1 aliphatic rings. The number of nitrogen functional groups attached to an aromatic ring is 1. The highest BCUT2D eigenvalue weighted by molar-refractivity contribution is 7.89. The van der Waals surface area contributed by atoms with Gasteiger partial charge in [-0.3, -0.25) is 4.79 Å². The number of urea groups is 1. The number of anilines is 1. The summed E-state index contributed by atoms with van der Waals surface area (Å²) in [6, 6.07) is 11.4. The van der Waals surface area contributed by atoms with E-state index in [1.807, 2.05) is 70.3 Å². The fourth-order valence-electron chi connectivity index (χ4n) is 6.06. The Kier molecular flexibility index (Phi) is 13.3. The summed E-state index contributed by atoms with van der Waals surface area (Å²) in [4.78, 5) is 35.8. The minimum Gasteiger partial charge on any atom is -0.397 e. The second-order valence-corrected chi connectivity index (χ2v) is 17.4. The summed E-state index contributed by atoms with van der Waals surface area (Å²) in [7, 11) is -2.50. The third-order valence-electron chi connectivity index (χ3n) is 8.38. The van der Waals surface area contributed by atoms with Gasteiger partial charge in [0.25, 0.3) is 0 Å². The highest BCUT2D eigenvalue weighted by atomic mass is 35.5. The number of sulfonamides is 1. The van der Waals surface area contributed by atoms with E-state index < -0.39 is 39.5 Å². The van der Waals surface area contributed by atoms with Crippen molar-refractivity contribution in [3.05, 3.63) is 75.2 Å². The molecule has 2 heterocycles. The summed E-state index contributed by atoms with van der Waals surface area (Å²) in [5.41, 5.74) is 6.98. The van der Waals surface area contributed by atoms with Crippen LogP contribution in [0.1, 0.15) is 50.9 Å². The van der Waals surface area contributed by atoms with Gasteiger partial charge in [0.15, 0.2) is 0 Å². The molecule has 3 atom stereocenters. The lowest BCUT2D eigenvalue weighted by molar-refractivity contribution is -0.130. The van der Waals surface area contributed by atoms with Crippen LogP contribution in [0.5, 0.6) is 0 Å². The molecule has 15 heteroatoms. The highest BCUT2D eigenvalue weighted by Gasteiger charge is 2.44. The zero-order chi connectivity index (χ0) is 36.8. The molecule has 1 fully saturated rings. The van der Waals surface area contributed by atoms with Gasteiger partial charge in [0.2, 0.25) is 15.9 Å². The van der Waals surface area contributed by atoms with Crippen molar-refractivity contribution in [2.45, 2.75) is 77.3 Å². The molecule has 0 spiro atoms. The largest absolute Gasteiger partial charge is 0.397 e. The lowest BCUT2D eigenvalue weighted by atomic mass is 9.84. The van der Waals surface area contributed by atoms with Crippen LogP contribution in [-0.4, -0.2) is 96.0 Å². The topological polar surface area (TPSA) is 158 Å². The number of halogens is 1. The van der Waals surface area contributed by atoms with Gasteiger partial charge in [0, 0.05) is 38.7 Å². The van der Waals surface area contributed by atoms with Crippen LogP contribution >= 0.6 is 22.9 Å². The van der Waals surface area contributed by atoms with Crippen LogP contribution in [0.25, 0.3) is 0 Å². The van der Waals surface area contributed by atoms with Crippen molar-refractivity contribution in [1.29, 1.82) is 0 Å². The van der Waals surface area contributed by atoms with Crippen LogP contribution in [0, 0.1) is 11.3 Å². The van der Waals surface area contributed by atoms with Gasteiger partial charge in [-0.2, -0.15) is 4.31 Å². The van der Waals surface area contributed by atoms with Crippen LogP contribution in [0.15, 0.2) is 58.8 Å². The van der Waals surface area contributed by atoms with Gasteiger partial charge in [0.1, 0.15) is 11.0 Å². The Labute approximate surface area is 304 Å². The van der Waals surface area contributed by atoms with Crippen LogP contribution in [-0.2, 0) is 39.1 Å². The molecule has 4 rings (SSSR count). The highest BCUT2D eigenvalue weighted by Crippen LogP contribution is 2.30. The van der Waals surface area contributed by atoms with Crippen molar-refractivity contribution in [3.63, 3.8) is 0 Å². The second kappa shape index (κ2) is 16.8. The molecule has 0 radical (unpaired) electrons. The van der Waals surface area contributed by atoms with Gasteiger partial charge in [0.05, 0.1) is 46.6 Å². The SMILES string of the molecule is COCc1nc(CN2CCN(C(C(=O)N[C@@H](Cc3ccccc3)[C@H](O)CN(CC(C)C)S(=O)(=O)c3ccc(Cl)c(N)c3)C(C)(C)C)C2=O)cs1. The molecule has 274 valence electrons. The Bertz CT molecular complexity index is 1720. The van der Waals surface area contributed by atoms with Crippen molar-refractivity contribution in [3.8, 4) is 0 Å². The minimum atomic E-state index is -4.11. The molecule has 50 heavy (non-hydrogen) atoms. The van der Waals surface area contributed by atoms with E-state index in [0.717, 1.165) is 16.3 Å². The maximum atomic E-state index is 14.3. The predicted octanol–water partition coefficient (Wildman–Crippen LogP) is 4.61. The van der Waals surface area contributed by atoms with Crippen LogP contribution in [0.3, 0.4) is 0 Å². The van der Waals surface area contributed by atoms with E-state index in [4.69, 9.17) is 22.1 Å². The summed E-state index contributed by atoms with van der Waals surface area (Å²) in [6.45, 7) is 10.7. The molecular formula is C35H49ClN6O6S2. The van der Waals surface area contributed by atoms with Gasteiger partial charge in [-0.25, -0.2) is 18.2 Å². The Hall–Kier alpha value is -3.27. The average molecular weight is 749 g/mol. The lowest BCUT2D eigenvalue weighted by Gasteiger charge is -2.38. The predicted molar refractivity (Wildman–Crippen MR) is 196 cm³/mol. The molecule has 0 saturated carbocycles. The molecule has 1 saturated heterocycles. The first-order chi connectivity index (χ1) is 23.5. The van der Waals surface area contributed by atoms with Gasteiger partial charge in [-0.1, -0.05) is 76.6 Å². The number of ether oxygens (including phenoxy) is 1. The van der Waals surface area contributed by atoms with Crippen LogP contribution in [0.4, 0.5) is 10.5 Å². The quantitative estimate of drug-likeness (QED) is 0.179. The number of aliphatic hydroxyl groups is 1. The zero-order valence-electron chi connectivity index (χ0n) is 29.5. The molecule has 1 aromatic heterocycles. The van der Waals surface area contributed by atoms with Gasteiger partial charge >= 0.3 is 6.03 Å². The molecule has 0 bridgehead atoms. The normalized spacial score (nSPS) is 15.9. The van der Waals surface area contributed by atoms with Crippen LogP contribution in [0.2, 0.25) is 5.02 Å². The number of nitrogens with one attached hydrogen (secondary N) is 1. The second-order valence-electron chi connectivity index (χ2n) is 14.1. The van der Waals surface area contributed by atoms with Crippen molar-refractivity contribution >= 4 is 50.6 Å². The standard InChI is InChI=1S/C35H49ClN6O6S2/c1-23(2)18-41(50(46,47)26-12-13-27(36)28(37)17-26)20-30(43)29(16-24-10-8-7-9-11-24)39-33(44)32(35(3,4)5)42-15-14-40(34(42)45)19-25-22-49-31(38-25)21-48-6/h7-13,17,22-23,29-30,32,43H,14-16,18-21,37H2,1-6H3,(H,39,44)/t29-,30+,32?/m0/s1. The Morgan fingerprint density at radius 2 is 1.86 bits per heavy atom. The van der Waals surface area contributed by atoms with Crippen LogP contribution < -0.4 is 11.1 Å².